The van der Waals surface area contributed by atoms with E-state index in [0.717, 1.165) is 6.07 Å². The van der Waals surface area contributed by atoms with Crippen molar-refractivity contribution in [3.05, 3.63) is 69.5 Å². The maximum Gasteiger partial charge on any atom is 0.276 e. The zero-order valence-corrected chi connectivity index (χ0v) is 13.7. The van der Waals surface area contributed by atoms with E-state index < -0.39 is 20.8 Å². The number of benzene rings is 2. The third kappa shape index (κ3) is 3.93. The van der Waals surface area contributed by atoms with E-state index in [1.165, 1.54) is 43.3 Å². The van der Waals surface area contributed by atoms with Crippen molar-refractivity contribution in [2.45, 2.75) is 18.7 Å². The molecule has 0 saturated carbocycles. The van der Waals surface area contributed by atoms with Gasteiger partial charge >= 0.3 is 0 Å². The second-order valence-electron chi connectivity index (χ2n) is 5.00. The summed E-state index contributed by atoms with van der Waals surface area (Å²) in [6.07, 6.45) is 0. The third-order valence-corrected chi connectivity index (χ3v) is 4.49. The number of nitrogens with one attached hydrogen (secondary N) is 1. The van der Waals surface area contributed by atoms with E-state index >= 15 is 0 Å². The minimum Gasteiger partial charge on any atom is -0.258 e. The molecule has 7 nitrogen and oxygen atoms in total. The van der Waals surface area contributed by atoms with Crippen LogP contribution >= 0.6 is 0 Å². The predicted octanol–water partition coefficient (Wildman–Crippen LogP) is 2.74. The molecule has 0 fully saturated rings. The average molecular weight is 351 g/mol. The van der Waals surface area contributed by atoms with Crippen LogP contribution < -0.4 is 4.83 Å². The molecule has 2 aromatic carbocycles. The smallest absolute Gasteiger partial charge is 0.258 e. The standard InChI is InChI=1S/C15H14FN3O4S/c1-10-3-8-14(9-15(10)19(20)21)24(22,23)18-17-11(2)12-4-6-13(16)7-5-12/h3-9,18H,1-2H3/b17-11-. The number of hydrogen-bond donors (Lipinski definition) is 1. The molecule has 0 heterocycles. The van der Waals surface area contributed by atoms with Crippen molar-refractivity contribution in [1.29, 1.82) is 0 Å². The number of nitrogens with zero attached hydrogens (tertiary/aromatic N) is 2. The first-order chi connectivity index (χ1) is 11.2. The summed E-state index contributed by atoms with van der Waals surface area (Å²) in [5.41, 5.74) is 0.913. The van der Waals surface area contributed by atoms with Crippen molar-refractivity contribution in [3.63, 3.8) is 0 Å². The van der Waals surface area contributed by atoms with E-state index in [4.69, 9.17) is 0 Å². The second kappa shape index (κ2) is 6.75. The molecule has 24 heavy (non-hydrogen) atoms. The highest BCUT2D eigenvalue weighted by atomic mass is 32.2. The fourth-order valence-corrected chi connectivity index (χ4v) is 2.77. The first-order valence-electron chi connectivity index (χ1n) is 6.78. The molecule has 0 atom stereocenters. The molecule has 0 amide bonds. The van der Waals surface area contributed by atoms with Gasteiger partial charge in [-0.1, -0.05) is 18.2 Å². The summed E-state index contributed by atoms with van der Waals surface area (Å²) in [5.74, 6) is -0.418. The molecule has 126 valence electrons. The van der Waals surface area contributed by atoms with Crippen LogP contribution in [0.15, 0.2) is 52.5 Å². The molecule has 0 radical (unpaired) electrons. The zero-order chi connectivity index (χ0) is 17.9. The highest BCUT2D eigenvalue weighted by Gasteiger charge is 2.19. The van der Waals surface area contributed by atoms with Crippen LogP contribution in [0.3, 0.4) is 0 Å². The van der Waals surface area contributed by atoms with Gasteiger partial charge in [-0.15, -0.1) is 0 Å². The van der Waals surface area contributed by atoms with Gasteiger partial charge < -0.3 is 0 Å². The summed E-state index contributed by atoms with van der Waals surface area (Å²) in [4.78, 5) is 12.0. The maximum absolute atomic E-state index is 12.9. The lowest BCUT2D eigenvalue weighted by atomic mass is 10.1. The van der Waals surface area contributed by atoms with Crippen LogP contribution in [0.25, 0.3) is 0 Å². The van der Waals surface area contributed by atoms with Gasteiger partial charge in [0.1, 0.15) is 5.82 Å². The van der Waals surface area contributed by atoms with E-state index in [1.54, 1.807) is 6.92 Å². The quantitative estimate of drug-likeness (QED) is 0.508. The fraction of sp³-hybridized carbons (Fsp3) is 0.133. The Bertz CT molecular complexity index is 909. The van der Waals surface area contributed by atoms with Crippen LogP contribution in [-0.4, -0.2) is 19.1 Å². The van der Waals surface area contributed by atoms with Gasteiger partial charge in [-0.3, -0.25) is 10.1 Å². The van der Waals surface area contributed by atoms with Crippen molar-refractivity contribution in [1.82, 2.24) is 4.83 Å². The zero-order valence-electron chi connectivity index (χ0n) is 12.9. The van der Waals surface area contributed by atoms with Crippen LogP contribution in [0.4, 0.5) is 10.1 Å². The first kappa shape index (κ1) is 17.5. The topological polar surface area (TPSA) is 102 Å². The van der Waals surface area contributed by atoms with Gasteiger partial charge in [0.05, 0.1) is 15.5 Å². The van der Waals surface area contributed by atoms with Crippen LogP contribution in [0, 0.1) is 22.9 Å². The summed E-state index contributed by atoms with van der Waals surface area (Å²) in [5, 5.41) is 14.7. The number of sulfonamides is 1. The Labute approximate surface area is 138 Å². The Morgan fingerprint density at radius 3 is 2.42 bits per heavy atom. The van der Waals surface area contributed by atoms with E-state index in [9.17, 15) is 22.9 Å². The van der Waals surface area contributed by atoms with E-state index in [1.807, 2.05) is 4.83 Å². The number of aryl methyl sites for hydroxylation is 1. The van der Waals surface area contributed by atoms with E-state index in [2.05, 4.69) is 5.10 Å². The lowest BCUT2D eigenvalue weighted by Gasteiger charge is -2.06. The van der Waals surface area contributed by atoms with Crippen LogP contribution in [0.1, 0.15) is 18.1 Å². The number of rotatable bonds is 5. The molecule has 0 aliphatic rings. The number of hydrogen-bond acceptors (Lipinski definition) is 5. The van der Waals surface area contributed by atoms with Gasteiger partial charge in [-0.2, -0.15) is 18.4 Å². The van der Waals surface area contributed by atoms with Gasteiger partial charge in [-0.25, -0.2) is 4.39 Å². The number of halogens is 1. The van der Waals surface area contributed by atoms with Gasteiger partial charge in [0.15, 0.2) is 0 Å². The van der Waals surface area contributed by atoms with Gasteiger partial charge in [0.2, 0.25) is 0 Å². The minimum atomic E-state index is -4.06. The van der Waals surface area contributed by atoms with Crippen LogP contribution in [0.2, 0.25) is 0 Å². The Hall–Kier alpha value is -2.81. The van der Waals surface area contributed by atoms with Crippen molar-refractivity contribution >= 4 is 21.4 Å². The van der Waals surface area contributed by atoms with Crippen molar-refractivity contribution < 1.29 is 17.7 Å². The second-order valence-corrected chi connectivity index (χ2v) is 6.67. The Morgan fingerprint density at radius 1 is 1.21 bits per heavy atom. The summed E-state index contributed by atoms with van der Waals surface area (Å²) in [6, 6.07) is 8.95. The molecule has 0 saturated heterocycles. The van der Waals surface area contributed by atoms with E-state index in [-0.39, 0.29) is 10.6 Å². The van der Waals surface area contributed by atoms with Crippen molar-refractivity contribution in [2.24, 2.45) is 5.10 Å². The molecule has 0 unspecified atom stereocenters. The first-order valence-corrected chi connectivity index (χ1v) is 8.26. The number of nitro benzene ring substituents is 1. The summed E-state index contributed by atoms with van der Waals surface area (Å²) >= 11 is 0. The molecule has 0 spiro atoms. The maximum atomic E-state index is 12.9. The summed E-state index contributed by atoms with van der Waals surface area (Å²) in [6.45, 7) is 3.06. The molecule has 0 aliphatic heterocycles. The molecular formula is C15H14FN3O4S. The molecular weight excluding hydrogens is 337 g/mol. The van der Waals surface area contributed by atoms with Gasteiger partial charge in [0.25, 0.3) is 15.7 Å². The summed E-state index contributed by atoms with van der Waals surface area (Å²) in [7, 11) is -4.06. The summed E-state index contributed by atoms with van der Waals surface area (Å²) < 4.78 is 37.3. The molecule has 0 bridgehead atoms. The van der Waals surface area contributed by atoms with Gasteiger partial charge in [-0.05, 0) is 37.6 Å². The minimum absolute atomic E-state index is 0.268. The Kier molecular flexibility index (Phi) is 4.93. The molecule has 0 aliphatic carbocycles. The van der Waals surface area contributed by atoms with Crippen LogP contribution in [-0.2, 0) is 10.0 Å². The average Bonchev–Trinajstić information content (AvgIpc) is 2.53. The van der Waals surface area contributed by atoms with E-state index in [0.29, 0.717) is 16.8 Å². The highest BCUT2D eigenvalue weighted by Crippen LogP contribution is 2.22. The molecule has 2 rings (SSSR count). The van der Waals surface area contributed by atoms with Crippen molar-refractivity contribution in [3.8, 4) is 0 Å². The normalized spacial score (nSPS) is 12.0. The molecule has 0 aromatic heterocycles. The lowest BCUT2D eigenvalue weighted by molar-refractivity contribution is -0.385. The predicted molar refractivity (Wildman–Crippen MR) is 86.8 cm³/mol. The monoisotopic (exact) mass is 351 g/mol. The Balaban J connectivity index is 2.28. The SMILES string of the molecule is C/C(=N/NS(=O)(=O)c1ccc(C)c([N+](=O)[O-])c1)c1ccc(F)cc1. The highest BCUT2D eigenvalue weighted by molar-refractivity contribution is 7.89. The lowest BCUT2D eigenvalue weighted by Crippen LogP contribution is -2.20. The molecule has 9 heteroatoms. The van der Waals surface area contributed by atoms with Crippen LogP contribution in [0.5, 0.6) is 0 Å². The number of nitro groups is 1. The number of hydrazone groups is 1. The fourth-order valence-electron chi connectivity index (χ4n) is 1.89. The molecule has 1 N–H and O–H groups in total. The van der Waals surface area contributed by atoms with Gasteiger partial charge in [0, 0.05) is 11.6 Å². The Morgan fingerprint density at radius 2 is 1.83 bits per heavy atom. The largest absolute Gasteiger partial charge is 0.276 e. The third-order valence-electron chi connectivity index (χ3n) is 3.28. The van der Waals surface area contributed by atoms with Crippen molar-refractivity contribution in [2.75, 3.05) is 0 Å². The molecule has 2 aromatic rings.